The Morgan fingerprint density at radius 2 is 1.74 bits per heavy atom. The lowest BCUT2D eigenvalue weighted by Crippen LogP contribution is -2.28. The first kappa shape index (κ1) is 15.5. The van der Waals surface area contributed by atoms with Gasteiger partial charge < -0.3 is 10.2 Å². The molecule has 1 N–H and O–H groups in total. The largest absolute Gasteiger partial charge is 0.356 e. The first-order chi connectivity index (χ1) is 11.2. The summed E-state index contributed by atoms with van der Waals surface area (Å²) in [5.74, 6) is 0.709. The molecule has 0 radical (unpaired) electrons. The van der Waals surface area contributed by atoms with Crippen LogP contribution in [-0.4, -0.2) is 24.0 Å². The van der Waals surface area contributed by atoms with Crippen molar-refractivity contribution in [3.05, 3.63) is 53.7 Å². The van der Waals surface area contributed by atoms with Gasteiger partial charge in [-0.3, -0.25) is 4.79 Å². The molecule has 2 aromatic rings. The zero-order chi connectivity index (χ0) is 16.1. The fourth-order valence-electron chi connectivity index (χ4n) is 2.94. The SMILES string of the molecule is Cc1ccc(NC(=O)c2cccnc2N2CCCCCC2)cc1. The molecule has 1 aliphatic rings. The Bertz CT molecular complexity index is 659. The normalized spacial score (nSPS) is 15.1. The second kappa shape index (κ2) is 7.27. The number of pyridine rings is 1. The van der Waals surface area contributed by atoms with E-state index in [1.54, 1.807) is 6.20 Å². The van der Waals surface area contributed by atoms with Crippen LogP contribution in [0.1, 0.15) is 41.6 Å². The summed E-state index contributed by atoms with van der Waals surface area (Å²) in [5.41, 5.74) is 2.64. The smallest absolute Gasteiger partial charge is 0.259 e. The van der Waals surface area contributed by atoms with E-state index in [0.29, 0.717) is 5.56 Å². The maximum Gasteiger partial charge on any atom is 0.259 e. The van der Waals surface area contributed by atoms with Crippen LogP contribution in [0.3, 0.4) is 0 Å². The molecule has 0 atom stereocenters. The number of anilines is 2. The van der Waals surface area contributed by atoms with Gasteiger partial charge in [0.25, 0.3) is 5.91 Å². The zero-order valence-corrected chi connectivity index (χ0v) is 13.6. The van der Waals surface area contributed by atoms with Crippen LogP contribution < -0.4 is 10.2 Å². The average molecular weight is 309 g/mol. The quantitative estimate of drug-likeness (QED) is 0.931. The summed E-state index contributed by atoms with van der Waals surface area (Å²) in [5, 5.41) is 2.97. The van der Waals surface area contributed by atoms with Gasteiger partial charge in [-0.2, -0.15) is 0 Å². The van der Waals surface area contributed by atoms with Crippen LogP contribution in [0.25, 0.3) is 0 Å². The molecular formula is C19H23N3O. The van der Waals surface area contributed by atoms with Crippen molar-refractivity contribution in [3.8, 4) is 0 Å². The third kappa shape index (κ3) is 3.89. The maximum absolute atomic E-state index is 12.7. The zero-order valence-electron chi connectivity index (χ0n) is 13.6. The lowest BCUT2D eigenvalue weighted by atomic mass is 10.2. The summed E-state index contributed by atoms with van der Waals surface area (Å²) < 4.78 is 0. The minimum atomic E-state index is -0.0961. The van der Waals surface area contributed by atoms with Crippen LogP contribution in [0.5, 0.6) is 0 Å². The number of rotatable bonds is 3. The Balaban J connectivity index is 1.81. The molecule has 0 spiro atoms. The van der Waals surface area contributed by atoms with E-state index in [-0.39, 0.29) is 5.91 Å². The Morgan fingerprint density at radius 1 is 1.04 bits per heavy atom. The molecule has 0 bridgehead atoms. The van der Waals surface area contributed by atoms with Gasteiger partial charge in [0, 0.05) is 25.0 Å². The molecule has 2 heterocycles. The van der Waals surface area contributed by atoms with E-state index < -0.39 is 0 Å². The van der Waals surface area contributed by atoms with Crippen molar-refractivity contribution in [1.82, 2.24) is 4.98 Å². The number of hydrogen-bond acceptors (Lipinski definition) is 3. The van der Waals surface area contributed by atoms with Gasteiger partial charge in [0.05, 0.1) is 5.56 Å². The van der Waals surface area contributed by atoms with Gasteiger partial charge in [-0.15, -0.1) is 0 Å². The highest BCUT2D eigenvalue weighted by atomic mass is 16.1. The van der Waals surface area contributed by atoms with Gasteiger partial charge in [0.15, 0.2) is 0 Å². The van der Waals surface area contributed by atoms with E-state index in [0.717, 1.165) is 37.4 Å². The van der Waals surface area contributed by atoms with Crippen LogP contribution in [0.4, 0.5) is 11.5 Å². The van der Waals surface area contributed by atoms with Crippen molar-refractivity contribution in [3.63, 3.8) is 0 Å². The predicted molar refractivity (Wildman–Crippen MR) is 94.1 cm³/mol. The summed E-state index contributed by atoms with van der Waals surface area (Å²) in [6.07, 6.45) is 6.61. The molecular weight excluding hydrogens is 286 g/mol. The number of carbonyl (C=O) groups is 1. The number of amides is 1. The molecule has 0 saturated carbocycles. The number of aryl methyl sites for hydroxylation is 1. The van der Waals surface area contributed by atoms with E-state index >= 15 is 0 Å². The average Bonchev–Trinajstić information content (AvgIpc) is 2.86. The molecule has 1 aliphatic heterocycles. The molecule has 4 heteroatoms. The molecule has 4 nitrogen and oxygen atoms in total. The fourth-order valence-corrected chi connectivity index (χ4v) is 2.94. The highest BCUT2D eigenvalue weighted by molar-refractivity contribution is 6.07. The van der Waals surface area contributed by atoms with Crippen LogP contribution in [0.2, 0.25) is 0 Å². The minimum absolute atomic E-state index is 0.0961. The van der Waals surface area contributed by atoms with Crippen LogP contribution >= 0.6 is 0 Å². The van der Waals surface area contributed by atoms with Crippen molar-refractivity contribution in [2.75, 3.05) is 23.3 Å². The highest BCUT2D eigenvalue weighted by Gasteiger charge is 2.19. The summed E-state index contributed by atoms with van der Waals surface area (Å²) in [6.45, 7) is 3.98. The third-order valence-electron chi connectivity index (χ3n) is 4.25. The predicted octanol–water partition coefficient (Wildman–Crippen LogP) is 4.02. The van der Waals surface area contributed by atoms with E-state index in [9.17, 15) is 4.79 Å². The number of hydrogen-bond donors (Lipinski definition) is 1. The number of carbonyl (C=O) groups excluding carboxylic acids is 1. The summed E-state index contributed by atoms with van der Waals surface area (Å²) in [7, 11) is 0. The molecule has 3 rings (SSSR count). The van der Waals surface area contributed by atoms with E-state index in [2.05, 4.69) is 15.2 Å². The molecule has 1 amide bonds. The van der Waals surface area contributed by atoms with Crippen molar-refractivity contribution in [1.29, 1.82) is 0 Å². The van der Waals surface area contributed by atoms with Crippen molar-refractivity contribution >= 4 is 17.4 Å². The van der Waals surface area contributed by atoms with E-state index in [1.165, 1.54) is 18.4 Å². The lowest BCUT2D eigenvalue weighted by Gasteiger charge is -2.23. The van der Waals surface area contributed by atoms with E-state index in [1.807, 2.05) is 43.3 Å². The standard InChI is InChI=1S/C19H23N3O/c1-15-8-10-16(11-9-15)21-19(23)17-7-6-12-20-18(17)22-13-4-2-3-5-14-22/h6-12H,2-5,13-14H2,1H3,(H,21,23). The van der Waals surface area contributed by atoms with Gasteiger partial charge >= 0.3 is 0 Å². The van der Waals surface area contributed by atoms with Crippen LogP contribution in [0.15, 0.2) is 42.6 Å². The number of benzene rings is 1. The lowest BCUT2D eigenvalue weighted by molar-refractivity contribution is 0.102. The number of aromatic nitrogens is 1. The molecule has 1 saturated heterocycles. The molecule has 0 aliphatic carbocycles. The van der Waals surface area contributed by atoms with Gasteiger partial charge in [-0.1, -0.05) is 30.5 Å². The first-order valence-electron chi connectivity index (χ1n) is 8.32. The second-order valence-corrected chi connectivity index (χ2v) is 6.10. The molecule has 1 fully saturated rings. The van der Waals surface area contributed by atoms with Gasteiger partial charge in [-0.05, 0) is 44.0 Å². The maximum atomic E-state index is 12.7. The summed E-state index contributed by atoms with van der Waals surface area (Å²) >= 11 is 0. The van der Waals surface area contributed by atoms with Gasteiger partial charge in [-0.25, -0.2) is 4.98 Å². The van der Waals surface area contributed by atoms with Crippen molar-refractivity contribution < 1.29 is 4.79 Å². The van der Waals surface area contributed by atoms with Gasteiger partial charge in [0.1, 0.15) is 5.82 Å². The highest BCUT2D eigenvalue weighted by Crippen LogP contribution is 2.22. The van der Waals surface area contributed by atoms with Crippen molar-refractivity contribution in [2.45, 2.75) is 32.6 Å². The third-order valence-corrected chi connectivity index (χ3v) is 4.25. The van der Waals surface area contributed by atoms with Crippen LogP contribution in [0, 0.1) is 6.92 Å². The summed E-state index contributed by atoms with van der Waals surface area (Å²) in [6, 6.07) is 11.5. The van der Waals surface area contributed by atoms with E-state index in [4.69, 9.17) is 0 Å². The topological polar surface area (TPSA) is 45.2 Å². The number of nitrogens with one attached hydrogen (secondary N) is 1. The minimum Gasteiger partial charge on any atom is -0.356 e. The van der Waals surface area contributed by atoms with Crippen molar-refractivity contribution in [2.24, 2.45) is 0 Å². The molecule has 23 heavy (non-hydrogen) atoms. The first-order valence-corrected chi connectivity index (χ1v) is 8.32. The fraction of sp³-hybridized carbons (Fsp3) is 0.368. The summed E-state index contributed by atoms with van der Waals surface area (Å²) in [4.78, 5) is 19.4. The molecule has 1 aromatic carbocycles. The number of nitrogens with zero attached hydrogens (tertiary/aromatic N) is 2. The Hall–Kier alpha value is -2.36. The molecule has 120 valence electrons. The second-order valence-electron chi connectivity index (χ2n) is 6.10. The molecule has 1 aromatic heterocycles. The Morgan fingerprint density at radius 3 is 2.43 bits per heavy atom. The Kier molecular flexibility index (Phi) is 4.91. The molecule has 0 unspecified atom stereocenters. The van der Waals surface area contributed by atoms with Gasteiger partial charge in [0.2, 0.25) is 0 Å². The monoisotopic (exact) mass is 309 g/mol. The van der Waals surface area contributed by atoms with Crippen LogP contribution in [-0.2, 0) is 0 Å². The Labute approximate surface area is 137 Å².